The number of hydrogen-bond acceptors (Lipinski definition) is 8. The average Bonchev–Trinajstić information content (AvgIpc) is 2.97. The highest BCUT2D eigenvalue weighted by Gasteiger charge is 2.53. The molecule has 4 aromatic rings. The summed E-state index contributed by atoms with van der Waals surface area (Å²) >= 11 is 0. The van der Waals surface area contributed by atoms with Gasteiger partial charge in [0.2, 0.25) is 0 Å². The number of nitrogen functional groups attached to an aromatic ring is 1. The Morgan fingerprint density at radius 3 is 2.39 bits per heavy atom. The van der Waals surface area contributed by atoms with Crippen LogP contribution in [0.2, 0.25) is 0 Å². The number of likely N-dealkylation sites (N-methyl/N-ethyl adjacent to an activating group) is 1. The lowest BCUT2D eigenvalue weighted by atomic mass is 9.98. The number of ether oxygens (including phenoxy) is 3. The van der Waals surface area contributed by atoms with Crippen molar-refractivity contribution in [2.45, 2.75) is 45.3 Å². The first kappa shape index (κ1) is 31.9. The van der Waals surface area contributed by atoms with Crippen LogP contribution >= 0.6 is 0 Å². The summed E-state index contributed by atoms with van der Waals surface area (Å²) in [7, 11) is 1.40. The lowest BCUT2D eigenvalue weighted by molar-refractivity contribution is -0.215. The number of rotatable bonds is 11. The fourth-order valence-corrected chi connectivity index (χ4v) is 4.60. The van der Waals surface area contributed by atoms with E-state index < -0.39 is 23.8 Å². The molecule has 0 bridgehead atoms. The lowest BCUT2D eigenvalue weighted by Crippen LogP contribution is -2.54. The largest absolute Gasteiger partial charge is 0.491 e. The van der Waals surface area contributed by atoms with Crippen LogP contribution in [0.15, 0.2) is 79.0 Å². The van der Waals surface area contributed by atoms with Crippen LogP contribution in [-0.2, 0) is 26.6 Å². The Bertz CT molecular complexity index is 1630. The molecule has 12 heteroatoms. The maximum Gasteiger partial charge on any atom is 0.491 e. The van der Waals surface area contributed by atoms with Gasteiger partial charge in [-0.25, -0.2) is 9.78 Å². The van der Waals surface area contributed by atoms with Crippen LogP contribution in [0, 0.1) is 0 Å². The summed E-state index contributed by atoms with van der Waals surface area (Å²) in [6.45, 7) is 5.49. The zero-order chi connectivity index (χ0) is 32.1. The maximum absolute atomic E-state index is 14.4. The smallest absolute Gasteiger partial charge is 0.490 e. The third kappa shape index (κ3) is 7.13. The maximum atomic E-state index is 14.4. The van der Waals surface area contributed by atoms with E-state index in [0.717, 1.165) is 0 Å². The number of nitrogens with zero attached hydrogens (tertiary/aromatic N) is 2. The van der Waals surface area contributed by atoms with Crippen molar-refractivity contribution in [3.63, 3.8) is 0 Å². The third-order valence-corrected chi connectivity index (χ3v) is 6.52. The molecule has 232 valence electrons. The van der Waals surface area contributed by atoms with Crippen molar-refractivity contribution in [1.82, 2.24) is 9.88 Å². The van der Waals surface area contributed by atoms with E-state index in [1.807, 2.05) is 0 Å². The second-order valence-corrected chi connectivity index (χ2v) is 10.2. The molecular formula is C32H33F3N4O5. The highest BCUT2D eigenvalue weighted by molar-refractivity contribution is 5.95. The first-order chi connectivity index (χ1) is 20.8. The molecule has 1 atom stereocenters. The van der Waals surface area contributed by atoms with Gasteiger partial charge in [-0.15, -0.1) is 0 Å². The molecule has 1 amide bonds. The number of hydrogen-bond donors (Lipinski definition) is 2. The molecule has 0 radical (unpaired) electrons. The molecule has 44 heavy (non-hydrogen) atoms. The van der Waals surface area contributed by atoms with Gasteiger partial charge in [-0.2, -0.15) is 13.2 Å². The third-order valence-electron chi connectivity index (χ3n) is 6.52. The zero-order valence-corrected chi connectivity index (χ0v) is 24.6. The SMILES string of the molecule is CCOc1cc(C(Nc2ccc3c(N)nccc3c2)(OC(=O)C(F)(F)F)C(=O)N(C)Cc2ccccc2)ccc1OC(C)C. The Morgan fingerprint density at radius 1 is 1.00 bits per heavy atom. The minimum Gasteiger partial charge on any atom is -0.490 e. The molecule has 4 rings (SSSR count). The van der Waals surface area contributed by atoms with Gasteiger partial charge in [-0.3, -0.25) is 4.79 Å². The summed E-state index contributed by atoms with van der Waals surface area (Å²) in [4.78, 5) is 32.2. The van der Waals surface area contributed by atoms with Gasteiger partial charge in [-0.05, 0) is 74.2 Å². The standard InChI is InChI=1S/C32H33F3N4O5/c1-5-42-27-18-23(11-14-26(27)43-20(2)3)31(44-30(41)32(33,34)35,29(40)39(4)19-21-9-7-6-8-10-21)38-24-12-13-25-22(17-24)15-16-37-28(25)36/h6-18,20,38H,5,19H2,1-4H3,(H2,36,37). The number of benzene rings is 3. The fourth-order valence-electron chi connectivity index (χ4n) is 4.60. The Balaban J connectivity index is 1.94. The van der Waals surface area contributed by atoms with Crippen molar-refractivity contribution in [3.8, 4) is 11.5 Å². The van der Waals surface area contributed by atoms with E-state index in [4.69, 9.17) is 19.9 Å². The number of fused-ring (bicyclic) bond motifs is 1. The summed E-state index contributed by atoms with van der Waals surface area (Å²) < 4.78 is 58.2. The van der Waals surface area contributed by atoms with E-state index in [9.17, 15) is 22.8 Å². The topological polar surface area (TPSA) is 116 Å². The number of esters is 1. The molecule has 0 saturated carbocycles. The Hall–Kier alpha value is -5.00. The Labute approximate surface area is 252 Å². The second-order valence-electron chi connectivity index (χ2n) is 10.2. The molecule has 0 aliphatic rings. The number of aromatic nitrogens is 1. The van der Waals surface area contributed by atoms with Gasteiger partial charge in [0, 0.05) is 36.4 Å². The summed E-state index contributed by atoms with van der Waals surface area (Å²) in [5, 5.41) is 3.99. The summed E-state index contributed by atoms with van der Waals surface area (Å²) in [6.07, 6.45) is -4.21. The quantitative estimate of drug-likeness (QED) is 0.156. The number of amides is 1. The molecule has 0 spiro atoms. The molecule has 0 saturated heterocycles. The molecule has 3 aromatic carbocycles. The summed E-state index contributed by atoms with van der Waals surface area (Å²) in [6, 6.07) is 19.3. The van der Waals surface area contributed by atoms with E-state index in [0.29, 0.717) is 22.1 Å². The van der Waals surface area contributed by atoms with Crippen molar-refractivity contribution in [1.29, 1.82) is 0 Å². The monoisotopic (exact) mass is 610 g/mol. The van der Waals surface area contributed by atoms with Gasteiger partial charge < -0.3 is 30.2 Å². The molecule has 0 aliphatic carbocycles. The van der Waals surface area contributed by atoms with Crippen LogP contribution in [0.25, 0.3) is 10.8 Å². The van der Waals surface area contributed by atoms with Crippen molar-refractivity contribution < 1.29 is 37.0 Å². The normalized spacial score (nSPS) is 12.8. The molecular weight excluding hydrogens is 577 g/mol. The number of anilines is 2. The van der Waals surface area contributed by atoms with E-state index in [1.54, 1.807) is 69.3 Å². The van der Waals surface area contributed by atoms with Gasteiger partial charge >= 0.3 is 12.1 Å². The number of nitrogens with two attached hydrogens (primary N) is 1. The van der Waals surface area contributed by atoms with Crippen molar-refractivity contribution in [2.75, 3.05) is 24.7 Å². The number of carbonyl (C=O) groups is 2. The molecule has 0 aliphatic heterocycles. The van der Waals surface area contributed by atoms with E-state index in [-0.39, 0.29) is 42.1 Å². The molecule has 1 aromatic heterocycles. The minimum atomic E-state index is -5.42. The van der Waals surface area contributed by atoms with Crippen LogP contribution in [0.3, 0.4) is 0 Å². The lowest BCUT2D eigenvalue weighted by Gasteiger charge is -2.37. The number of alkyl halides is 3. The molecule has 0 fully saturated rings. The second kappa shape index (κ2) is 13.1. The Morgan fingerprint density at radius 2 is 1.73 bits per heavy atom. The molecule has 3 N–H and O–H groups in total. The summed E-state index contributed by atoms with van der Waals surface area (Å²) in [5.41, 5.74) is 4.01. The summed E-state index contributed by atoms with van der Waals surface area (Å²) in [5.74, 6) is -2.87. The first-order valence-electron chi connectivity index (χ1n) is 13.8. The average molecular weight is 611 g/mol. The van der Waals surface area contributed by atoms with Gasteiger partial charge in [0.05, 0.1) is 12.7 Å². The van der Waals surface area contributed by atoms with Gasteiger partial charge in [0.15, 0.2) is 11.5 Å². The molecule has 1 heterocycles. The molecule has 1 unspecified atom stereocenters. The Kier molecular flexibility index (Phi) is 9.51. The predicted octanol–water partition coefficient (Wildman–Crippen LogP) is 6.03. The van der Waals surface area contributed by atoms with E-state index in [2.05, 4.69) is 10.3 Å². The number of pyridine rings is 1. The van der Waals surface area contributed by atoms with E-state index in [1.165, 1.54) is 42.4 Å². The highest BCUT2D eigenvalue weighted by Crippen LogP contribution is 2.39. The zero-order valence-electron chi connectivity index (χ0n) is 24.6. The van der Waals surface area contributed by atoms with Gasteiger partial charge in [0.25, 0.3) is 11.6 Å². The number of nitrogens with one attached hydrogen (secondary N) is 1. The van der Waals surface area contributed by atoms with Crippen LogP contribution < -0.4 is 20.5 Å². The minimum absolute atomic E-state index is 0.000539. The van der Waals surface area contributed by atoms with E-state index >= 15 is 0 Å². The predicted molar refractivity (Wildman–Crippen MR) is 160 cm³/mol. The number of halogens is 3. The van der Waals surface area contributed by atoms with Crippen molar-refractivity contribution in [2.24, 2.45) is 0 Å². The van der Waals surface area contributed by atoms with Crippen molar-refractivity contribution >= 4 is 34.2 Å². The van der Waals surface area contributed by atoms with Gasteiger partial charge in [0.1, 0.15) is 5.82 Å². The van der Waals surface area contributed by atoms with Crippen LogP contribution in [0.5, 0.6) is 11.5 Å². The highest BCUT2D eigenvalue weighted by atomic mass is 19.4. The molecule has 9 nitrogen and oxygen atoms in total. The van der Waals surface area contributed by atoms with Crippen LogP contribution in [-0.4, -0.2) is 47.7 Å². The van der Waals surface area contributed by atoms with Crippen LogP contribution in [0.1, 0.15) is 31.9 Å². The fraction of sp³-hybridized carbons (Fsp3) is 0.281. The van der Waals surface area contributed by atoms with Crippen molar-refractivity contribution in [3.05, 3.63) is 90.1 Å². The number of carbonyl (C=O) groups excluding carboxylic acids is 2. The van der Waals surface area contributed by atoms with Gasteiger partial charge in [-0.1, -0.05) is 30.3 Å². The first-order valence-corrected chi connectivity index (χ1v) is 13.8. The van der Waals surface area contributed by atoms with Crippen LogP contribution in [0.4, 0.5) is 24.7 Å².